The first-order valence-electron chi connectivity index (χ1n) is 13.1. The van der Waals surface area contributed by atoms with Gasteiger partial charge < -0.3 is 0 Å². The van der Waals surface area contributed by atoms with Crippen LogP contribution in [0.1, 0.15) is 120 Å². The van der Waals surface area contributed by atoms with Crippen molar-refractivity contribution in [2.75, 3.05) is 0 Å². The molecule has 0 aromatic heterocycles. The molecule has 168 valence electrons. The van der Waals surface area contributed by atoms with Crippen molar-refractivity contribution < 1.29 is 8.78 Å². The molecule has 1 aromatic rings. The van der Waals surface area contributed by atoms with Gasteiger partial charge in [-0.3, -0.25) is 0 Å². The quantitative estimate of drug-likeness (QED) is 0.390. The molecular formula is C28H42F2. The normalized spacial score (nSPS) is 31.3. The zero-order valence-corrected chi connectivity index (χ0v) is 19.3. The van der Waals surface area contributed by atoms with Crippen molar-refractivity contribution in [2.24, 2.45) is 23.7 Å². The number of unbranched alkanes of at least 4 members (excludes halogenated alkanes) is 3. The van der Waals surface area contributed by atoms with E-state index in [0.717, 1.165) is 61.8 Å². The lowest BCUT2D eigenvalue weighted by Crippen LogP contribution is -2.31. The Balaban J connectivity index is 1.39. The van der Waals surface area contributed by atoms with Crippen LogP contribution in [0.15, 0.2) is 6.07 Å². The van der Waals surface area contributed by atoms with Crippen LogP contribution in [0.4, 0.5) is 8.78 Å². The van der Waals surface area contributed by atoms with Gasteiger partial charge in [0.1, 0.15) is 0 Å². The van der Waals surface area contributed by atoms with Crippen LogP contribution in [0, 0.1) is 35.3 Å². The zero-order chi connectivity index (χ0) is 21.1. The average Bonchev–Trinajstić information content (AvgIpc) is 2.78. The predicted molar refractivity (Wildman–Crippen MR) is 122 cm³/mol. The number of fused-ring (bicyclic) bond motifs is 2. The molecule has 30 heavy (non-hydrogen) atoms. The van der Waals surface area contributed by atoms with Gasteiger partial charge in [0.25, 0.3) is 0 Å². The molecule has 3 aliphatic rings. The minimum Gasteiger partial charge on any atom is -0.203 e. The maximum Gasteiger partial charge on any atom is 0.162 e. The Morgan fingerprint density at radius 2 is 1.63 bits per heavy atom. The van der Waals surface area contributed by atoms with E-state index in [1.54, 1.807) is 0 Å². The van der Waals surface area contributed by atoms with Crippen molar-refractivity contribution in [1.29, 1.82) is 0 Å². The van der Waals surface area contributed by atoms with E-state index in [9.17, 15) is 4.39 Å². The van der Waals surface area contributed by atoms with Gasteiger partial charge in [-0.05, 0) is 97.6 Å². The molecule has 4 rings (SSSR count). The van der Waals surface area contributed by atoms with Gasteiger partial charge >= 0.3 is 0 Å². The number of benzene rings is 1. The van der Waals surface area contributed by atoms with E-state index in [4.69, 9.17) is 0 Å². The van der Waals surface area contributed by atoms with Gasteiger partial charge in [0.2, 0.25) is 0 Å². The van der Waals surface area contributed by atoms with Gasteiger partial charge in [-0.2, -0.15) is 0 Å². The molecule has 5 atom stereocenters. The SMILES string of the molecule is CCCCCCC1CCC2CC(c3cc4c(c(F)c3F)CC(CC)CC4)CCC2C1. The summed E-state index contributed by atoms with van der Waals surface area (Å²) in [5.41, 5.74) is 2.50. The second kappa shape index (κ2) is 10.1. The van der Waals surface area contributed by atoms with Crippen LogP contribution in [0.3, 0.4) is 0 Å². The molecule has 0 aliphatic heterocycles. The van der Waals surface area contributed by atoms with Gasteiger partial charge in [0.15, 0.2) is 11.6 Å². The Hall–Kier alpha value is -0.920. The third kappa shape index (κ3) is 4.78. The standard InChI is InChI=1S/C28H42F2/c1-3-5-6-7-8-20-10-11-22-17-23(14-13-21(22)15-20)26-18-24-12-9-19(4-2)16-25(24)27(29)28(26)30/h18-23H,3-17H2,1-2H3. The number of rotatable bonds is 7. The zero-order valence-electron chi connectivity index (χ0n) is 19.3. The van der Waals surface area contributed by atoms with E-state index in [2.05, 4.69) is 19.9 Å². The van der Waals surface area contributed by atoms with E-state index in [0.29, 0.717) is 17.0 Å². The van der Waals surface area contributed by atoms with E-state index in [1.807, 2.05) is 0 Å². The number of aryl methyl sites for hydroxylation is 1. The highest BCUT2D eigenvalue weighted by Crippen LogP contribution is 2.49. The van der Waals surface area contributed by atoms with Crippen molar-refractivity contribution in [3.05, 3.63) is 34.4 Å². The highest BCUT2D eigenvalue weighted by molar-refractivity contribution is 5.38. The fraction of sp³-hybridized carbons (Fsp3) is 0.786. The fourth-order valence-corrected chi connectivity index (χ4v) is 6.97. The van der Waals surface area contributed by atoms with E-state index < -0.39 is 11.6 Å². The van der Waals surface area contributed by atoms with Crippen LogP contribution in [0.5, 0.6) is 0 Å². The van der Waals surface area contributed by atoms with Crippen molar-refractivity contribution in [1.82, 2.24) is 0 Å². The van der Waals surface area contributed by atoms with Crippen molar-refractivity contribution in [2.45, 2.75) is 116 Å². The summed E-state index contributed by atoms with van der Waals surface area (Å²) >= 11 is 0. The lowest BCUT2D eigenvalue weighted by molar-refractivity contribution is 0.112. The Morgan fingerprint density at radius 3 is 2.43 bits per heavy atom. The minimum atomic E-state index is -0.515. The molecular weight excluding hydrogens is 374 g/mol. The van der Waals surface area contributed by atoms with Crippen LogP contribution in [0.2, 0.25) is 0 Å². The molecule has 0 bridgehead atoms. The number of halogens is 2. The van der Waals surface area contributed by atoms with Crippen LogP contribution >= 0.6 is 0 Å². The highest BCUT2D eigenvalue weighted by Gasteiger charge is 2.37. The fourth-order valence-electron chi connectivity index (χ4n) is 6.97. The number of hydrogen-bond donors (Lipinski definition) is 0. The molecule has 0 saturated heterocycles. The molecule has 0 radical (unpaired) electrons. The van der Waals surface area contributed by atoms with E-state index >= 15 is 4.39 Å². The smallest absolute Gasteiger partial charge is 0.162 e. The minimum absolute atomic E-state index is 0.232. The topological polar surface area (TPSA) is 0 Å². The molecule has 0 amide bonds. The van der Waals surface area contributed by atoms with Crippen LogP contribution in [-0.2, 0) is 12.8 Å². The van der Waals surface area contributed by atoms with Crippen LogP contribution < -0.4 is 0 Å². The average molecular weight is 417 g/mol. The molecule has 2 saturated carbocycles. The maximum absolute atomic E-state index is 15.1. The monoisotopic (exact) mass is 416 g/mol. The molecule has 0 nitrogen and oxygen atoms in total. The van der Waals surface area contributed by atoms with Crippen molar-refractivity contribution >= 4 is 0 Å². The summed E-state index contributed by atoms with van der Waals surface area (Å²) in [6.45, 7) is 4.44. The highest BCUT2D eigenvalue weighted by atomic mass is 19.2. The van der Waals surface area contributed by atoms with Gasteiger partial charge in [-0.15, -0.1) is 0 Å². The van der Waals surface area contributed by atoms with Crippen LogP contribution in [0.25, 0.3) is 0 Å². The van der Waals surface area contributed by atoms with Gasteiger partial charge in [-0.1, -0.05) is 64.9 Å². The molecule has 1 aromatic carbocycles. The van der Waals surface area contributed by atoms with E-state index in [-0.39, 0.29) is 5.92 Å². The Kier molecular flexibility index (Phi) is 7.53. The summed E-state index contributed by atoms with van der Waals surface area (Å²) in [4.78, 5) is 0. The summed E-state index contributed by atoms with van der Waals surface area (Å²) in [6, 6.07) is 2.07. The first-order valence-corrected chi connectivity index (χ1v) is 13.1. The maximum atomic E-state index is 15.1. The third-order valence-corrected chi connectivity index (χ3v) is 8.95. The summed E-state index contributed by atoms with van der Waals surface area (Å²) in [5, 5.41) is 0. The van der Waals surface area contributed by atoms with Gasteiger partial charge in [0, 0.05) is 0 Å². The molecule has 0 N–H and O–H groups in total. The molecule has 2 fully saturated rings. The summed E-state index contributed by atoms with van der Waals surface area (Å²) in [6.07, 6.45) is 18.2. The Morgan fingerprint density at radius 1 is 0.833 bits per heavy atom. The molecule has 3 aliphatic carbocycles. The second-order valence-electron chi connectivity index (χ2n) is 10.8. The van der Waals surface area contributed by atoms with E-state index in [1.165, 1.54) is 57.8 Å². The lowest BCUT2D eigenvalue weighted by Gasteiger charge is -2.42. The Labute approximate surface area is 183 Å². The molecule has 5 unspecified atom stereocenters. The largest absolute Gasteiger partial charge is 0.203 e. The summed E-state index contributed by atoms with van der Waals surface area (Å²) < 4.78 is 30.1. The lowest BCUT2D eigenvalue weighted by atomic mass is 9.63. The molecule has 0 spiro atoms. The Bertz CT molecular complexity index is 709. The molecule has 0 heterocycles. The van der Waals surface area contributed by atoms with Gasteiger partial charge in [0.05, 0.1) is 0 Å². The van der Waals surface area contributed by atoms with Gasteiger partial charge in [-0.25, -0.2) is 8.78 Å². The number of hydrogen-bond acceptors (Lipinski definition) is 0. The van der Waals surface area contributed by atoms with Crippen molar-refractivity contribution in [3.8, 4) is 0 Å². The summed E-state index contributed by atoms with van der Waals surface area (Å²) in [7, 11) is 0. The van der Waals surface area contributed by atoms with Crippen LogP contribution in [-0.4, -0.2) is 0 Å². The van der Waals surface area contributed by atoms with Crippen molar-refractivity contribution in [3.63, 3.8) is 0 Å². The predicted octanol–water partition coefficient (Wildman–Crippen LogP) is 8.75. The second-order valence-corrected chi connectivity index (χ2v) is 10.8. The summed E-state index contributed by atoms with van der Waals surface area (Å²) in [5.74, 6) is 2.21. The first-order chi connectivity index (χ1) is 14.6. The first kappa shape index (κ1) is 22.3. The third-order valence-electron chi connectivity index (χ3n) is 8.95. The molecule has 2 heteroatoms.